The van der Waals surface area contributed by atoms with Gasteiger partial charge in [-0.05, 0) is 55.4 Å². The van der Waals surface area contributed by atoms with Gasteiger partial charge in [0, 0.05) is 33.8 Å². The van der Waals surface area contributed by atoms with E-state index in [-0.39, 0.29) is 0 Å². The molecule has 1 aromatic heterocycles. The molecule has 0 saturated heterocycles. The van der Waals surface area contributed by atoms with Gasteiger partial charge < -0.3 is 0 Å². The van der Waals surface area contributed by atoms with Gasteiger partial charge in [-0.3, -0.25) is 9.98 Å². The van der Waals surface area contributed by atoms with E-state index >= 15 is 0 Å². The molecule has 1 saturated carbocycles. The van der Waals surface area contributed by atoms with Gasteiger partial charge in [0.05, 0.1) is 11.2 Å². The second-order valence-corrected chi connectivity index (χ2v) is 7.57. The third kappa shape index (κ3) is 2.56. The number of halogens is 1. The van der Waals surface area contributed by atoms with Crippen molar-refractivity contribution < 1.29 is 0 Å². The van der Waals surface area contributed by atoms with Gasteiger partial charge >= 0.3 is 0 Å². The normalized spacial score (nSPS) is 21.8. The second kappa shape index (κ2) is 5.96. The number of hydrogen-bond acceptors (Lipinski definition) is 2. The molecule has 0 spiro atoms. The van der Waals surface area contributed by atoms with Crippen LogP contribution in [0.15, 0.2) is 53.5 Å². The van der Waals surface area contributed by atoms with Crippen molar-refractivity contribution in [1.29, 1.82) is 0 Å². The molecular formula is C22H19ClN2. The fourth-order valence-corrected chi connectivity index (χ4v) is 4.61. The van der Waals surface area contributed by atoms with Crippen LogP contribution < -0.4 is 0 Å². The molecule has 6 rings (SSSR count). The van der Waals surface area contributed by atoms with Crippen LogP contribution in [0.5, 0.6) is 0 Å². The highest BCUT2D eigenvalue weighted by atomic mass is 35.5. The number of nitrogens with zero attached hydrogens (tertiary/aromatic N) is 2. The van der Waals surface area contributed by atoms with Crippen LogP contribution in [0.1, 0.15) is 54.3 Å². The number of aliphatic imine (C=N–C) groups is 1. The Hall–Kier alpha value is -2.19. The quantitative estimate of drug-likeness (QED) is 0.493. The summed E-state index contributed by atoms with van der Waals surface area (Å²) in [6, 6.07) is 16.2. The Bertz CT molecular complexity index is 970. The van der Waals surface area contributed by atoms with Crippen molar-refractivity contribution in [1.82, 2.24) is 4.98 Å². The van der Waals surface area contributed by atoms with Crippen LogP contribution in [0.2, 0.25) is 5.02 Å². The Morgan fingerprint density at radius 1 is 0.960 bits per heavy atom. The first-order valence-electron chi connectivity index (χ1n) is 9.02. The molecule has 3 aromatic rings. The Balaban J connectivity index is 1.76. The molecule has 3 aliphatic rings. The van der Waals surface area contributed by atoms with Gasteiger partial charge in [0.2, 0.25) is 0 Å². The molecule has 1 heterocycles. The number of benzene rings is 2. The SMILES string of the molecule is Clc1ccc2nc3c(c(N=Cc4ccccc4)c2c1)C1CCC3CC1. The maximum Gasteiger partial charge on any atom is 0.0777 e. The summed E-state index contributed by atoms with van der Waals surface area (Å²) in [6.45, 7) is 0. The molecule has 2 nitrogen and oxygen atoms in total. The van der Waals surface area contributed by atoms with Crippen LogP contribution in [-0.4, -0.2) is 11.2 Å². The molecule has 0 aliphatic heterocycles. The van der Waals surface area contributed by atoms with Crippen molar-refractivity contribution in [3.05, 3.63) is 70.4 Å². The summed E-state index contributed by atoms with van der Waals surface area (Å²) in [6.07, 6.45) is 7.04. The van der Waals surface area contributed by atoms with Crippen molar-refractivity contribution in [2.45, 2.75) is 37.5 Å². The van der Waals surface area contributed by atoms with E-state index < -0.39 is 0 Å². The molecule has 3 heteroatoms. The van der Waals surface area contributed by atoms with Gasteiger partial charge in [-0.2, -0.15) is 0 Å². The first kappa shape index (κ1) is 15.1. The van der Waals surface area contributed by atoms with Crippen molar-refractivity contribution in [3.63, 3.8) is 0 Å². The average molecular weight is 347 g/mol. The van der Waals surface area contributed by atoms with E-state index in [4.69, 9.17) is 21.6 Å². The molecule has 0 unspecified atom stereocenters. The van der Waals surface area contributed by atoms with E-state index in [1.54, 1.807) is 0 Å². The second-order valence-electron chi connectivity index (χ2n) is 7.14. The van der Waals surface area contributed by atoms with Crippen LogP contribution in [-0.2, 0) is 0 Å². The average Bonchev–Trinajstić information content (AvgIpc) is 2.67. The Morgan fingerprint density at radius 3 is 2.52 bits per heavy atom. The van der Waals surface area contributed by atoms with Crippen molar-refractivity contribution in [2.24, 2.45) is 4.99 Å². The fraction of sp³-hybridized carbons (Fsp3) is 0.273. The molecule has 25 heavy (non-hydrogen) atoms. The lowest BCUT2D eigenvalue weighted by Crippen LogP contribution is -2.23. The number of hydrogen-bond donors (Lipinski definition) is 0. The molecule has 0 N–H and O–H groups in total. The van der Waals surface area contributed by atoms with Gasteiger partial charge in [-0.1, -0.05) is 41.9 Å². The van der Waals surface area contributed by atoms with Gasteiger partial charge in [0.15, 0.2) is 0 Å². The Labute approximate surface area is 152 Å². The lowest BCUT2D eigenvalue weighted by molar-refractivity contribution is 0.352. The molecule has 0 radical (unpaired) electrons. The molecule has 2 bridgehead atoms. The van der Waals surface area contributed by atoms with E-state index in [0.29, 0.717) is 11.8 Å². The van der Waals surface area contributed by atoms with Gasteiger partial charge in [0.25, 0.3) is 0 Å². The minimum Gasteiger partial charge on any atom is -0.255 e. The van der Waals surface area contributed by atoms with E-state index in [0.717, 1.165) is 27.2 Å². The fourth-order valence-electron chi connectivity index (χ4n) is 4.44. The topological polar surface area (TPSA) is 25.2 Å². The van der Waals surface area contributed by atoms with Crippen LogP contribution in [0.25, 0.3) is 10.9 Å². The predicted molar refractivity (Wildman–Crippen MR) is 104 cm³/mol. The molecule has 0 amide bonds. The largest absolute Gasteiger partial charge is 0.255 e. The smallest absolute Gasteiger partial charge is 0.0777 e. The van der Waals surface area contributed by atoms with Crippen LogP contribution in [0.3, 0.4) is 0 Å². The summed E-state index contributed by atoms with van der Waals surface area (Å²) in [4.78, 5) is 9.98. The zero-order chi connectivity index (χ0) is 16.8. The first-order chi connectivity index (χ1) is 12.3. The third-order valence-electron chi connectivity index (χ3n) is 5.65. The molecule has 1 fully saturated rings. The summed E-state index contributed by atoms with van der Waals surface area (Å²) < 4.78 is 0. The van der Waals surface area contributed by atoms with Crippen LogP contribution >= 0.6 is 11.6 Å². The highest BCUT2D eigenvalue weighted by Crippen LogP contribution is 2.53. The molecule has 124 valence electrons. The van der Waals surface area contributed by atoms with Crippen molar-refractivity contribution in [2.75, 3.05) is 0 Å². The standard InChI is InChI=1S/C22H19ClN2/c23-17-10-11-19-18(12-17)22(24-13-14-4-2-1-3-5-14)20-15-6-8-16(9-7-15)21(20)25-19/h1-5,10-13,15-16H,6-9H2. The maximum absolute atomic E-state index is 6.29. The summed E-state index contributed by atoms with van der Waals surface area (Å²) >= 11 is 6.29. The monoisotopic (exact) mass is 346 g/mol. The van der Waals surface area contributed by atoms with E-state index in [2.05, 4.69) is 12.1 Å². The molecular weight excluding hydrogens is 328 g/mol. The molecule has 0 atom stereocenters. The van der Waals surface area contributed by atoms with Gasteiger partial charge in [-0.25, -0.2) is 0 Å². The maximum atomic E-state index is 6.29. The van der Waals surface area contributed by atoms with E-state index in [1.807, 2.05) is 42.6 Å². The van der Waals surface area contributed by atoms with Crippen LogP contribution in [0.4, 0.5) is 5.69 Å². The number of pyridine rings is 1. The minimum absolute atomic E-state index is 0.596. The predicted octanol–water partition coefficient (Wildman–Crippen LogP) is 6.39. The van der Waals surface area contributed by atoms with E-state index in [1.165, 1.54) is 36.9 Å². The summed E-state index contributed by atoms with van der Waals surface area (Å²) in [7, 11) is 0. The number of aromatic nitrogens is 1. The van der Waals surface area contributed by atoms with Crippen LogP contribution in [0, 0.1) is 0 Å². The van der Waals surface area contributed by atoms with Gasteiger partial charge in [-0.15, -0.1) is 0 Å². The van der Waals surface area contributed by atoms with Gasteiger partial charge in [0.1, 0.15) is 0 Å². The number of rotatable bonds is 2. The summed E-state index contributed by atoms with van der Waals surface area (Å²) in [5.41, 5.74) is 5.88. The zero-order valence-corrected chi connectivity index (χ0v) is 14.7. The Kier molecular flexibility index (Phi) is 3.60. The summed E-state index contributed by atoms with van der Waals surface area (Å²) in [5, 5.41) is 1.82. The van der Waals surface area contributed by atoms with Crippen molar-refractivity contribution in [3.8, 4) is 0 Å². The lowest BCUT2D eigenvalue weighted by atomic mass is 9.68. The summed E-state index contributed by atoms with van der Waals surface area (Å²) in [5.74, 6) is 1.20. The number of fused-ring (bicyclic) bond motifs is 3. The molecule has 3 aliphatic carbocycles. The highest BCUT2D eigenvalue weighted by molar-refractivity contribution is 6.31. The lowest BCUT2D eigenvalue weighted by Gasteiger charge is -2.38. The zero-order valence-electron chi connectivity index (χ0n) is 14.0. The van der Waals surface area contributed by atoms with Crippen molar-refractivity contribution >= 4 is 34.4 Å². The Morgan fingerprint density at radius 2 is 1.72 bits per heavy atom. The highest BCUT2D eigenvalue weighted by Gasteiger charge is 2.36. The minimum atomic E-state index is 0.596. The third-order valence-corrected chi connectivity index (χ3v) is 5.89. The first-order valence-corrected chi connectivity index (χ1v) is 9.39. The molecule has 2 aromatic carbocycles. The van der Waals surface area contributed by atoms with E-state index in [9.17, 15) is 0 Å².